The molecule has 6 nitrogen and oxygen atoms in total. The summed E-state index contributed by atoms with van der Waals surface area (Å²) in [6.45, 7) is 4.06. The number of hydrogen-bond donors (Lipinski definition) is 1. The second-order valence-electron chi connectivity index (χ2n) is 6.97. The summed E-state index contributed by atoms with van der Waals surface area (Å²) in [5, 5.41) is 12.9. The SMILES string of the molecule is O=C1C(=O)N(CCN2CCOCC2)[C@@H](c2cccs2)/C1=C(\O)c1ccc(Br)cc1. The van der Waals surface area contributed by atoms with E-state index in [0.717, 1.165) is 22.4 Å². The van der Waals surface area contributed by atoms with E-state index < -0.39 is 17.7 Å². The lowest BCUT2D eigenvalue weighted by atomic mass is 10.00. The van der Waals surface area contributed by atoms with Gasteiger partial charge in [-0.05, 0) is 23.6 Å². The molecule has 1 atom stereocenters. The number of carbonyl (C=O) groups is 2. The first kappa shape index (κ1) is 20.3. The van der Waals surface area contributed by atoms with Gasteiger partial charge in [0.25, 0.3) is 11.7 Å². The van der Waals surface area contributed by atoms with Crippen molar-refractivity contribution in [3.05, 3.63) is 62.3 Å². The number of Topliss-reactive ketones (excluding diaryl/α,β-unsaturated/α-hetero) is 1. The highest BCUT2D eigenvalue weighted by molar-refractivity contribution is 9.10. The Kier molecular flexibility index (Phi) is 6.15. The minimum absolute atomic E-state index is 0.136. The molecule has 1 amide bonds. The lowest BCUT2D eigenvalue weighted by molar-refractivity contribution is -0.140. The molecule has 0 bridgehead atoms. The number of aliphatic hydroxyl groups is 1. The normalized spacial score (nSPS) is 22.4. The van der Waals surface area contributed by atoms with E-state index in [4.69, 9.17) is 4.74 Å². The number of aliphatic hydroxyl groups excluding tert-OH is 1. The maximum Gasteiger partial charge on any atom is 0.295 e. The highest BCUT2D eigenvalue weighted by Crippen LogP contribution is 2.41. The van der Waals surface area contributed by atoms with Crippen LogP contribution in [0, 0.1) is 0 Å². The number of rotatable bonds is 5. The van der Waals surface area contributed by atoms with Gasteiger partial charge in [0.15, 0.2) is 0 Å². The van der Waals surface area contributed by atoms with Gasteiger partial charge >= 0.3 is 0 Å². The molecule has 2 aromatic rings. The Morgan fingerprint density at radius 2 is 1.86 bits per heavy atom. The van der Waals surface area contributed by atoms with E-state index in [9.17, 15) is 14.7 Å². The number of ether oxygens (including phenoxy) is 1. The fraction of sp³-hybridized carbons (Fsp3) is 0.333. The van der Waals surface area contributed by atoms with E-state index in [1.807, 2.05) is 17.5 Å². The zero-order valence-corrected chi connectivity index (χ0v) is 18.1. The third-order valence-corrected chi connectivity index (χ3v) is 6.68. The summed E-state index contributed by atoms with van der Waals surface area (Å²) >= 11 is 4.85. The van der Waals surface area contributed by atoms with Gasteiger partial charge in [-0.2, -0.15) is 0 Å². The van der Waals surface area contributed by atoms with Crippen molar-refractivity contribution < 1.29 is 19.4 Å². The summed E-state index contributed by atoms with van der Waals surface area (Å²) in [4.78, 5) is 30.5. The average molecular weight is 477 g/mol. The molecule has 8 heteroatoms. The van der Waals surface area contributed by atoms with Crippen molar-refractivity contribution in [2.45, 2.75) is 6.04 Å². The Balaban J connectivity index is 1.68. The van der Waals surface area contributed by atoms with Gasteiger partial charge in [-0.1, -0.05) is 34.1 Å². The molecule has 0 spiro atoms. The number of ketones is 1. The van der Waals surface area contributed by atoms with Crippen molar-refractivity contribution in [1.82, 2.24) is 9.80 Å². The lowest BCUT2D eigenvalue weighted by Crippen LogP contribution is -2.42. The first-order valence-electron chi connectivity index (χ1n) is 9.44. The van der Waals surface area contributed by atoms with E-state index in [-0.39, 0.29) is 11.3 Å². The van der Waals surface area contributed by atoms with Gasteiger partial charge in [-0.15, -0.1) is 11.3 Å². The Labute approximate surface area is 181 Å². The minimum atomic E-state index is -0.634. The quantitative estimate of drug-likeness (QED) is 0.407. The van der Waals surface area contributed by atoms with Crippen LogP contribution in [0.25, 0.3) is 5.76 Å². The van der Waals surface area contributed by atoms with Crippen molar-refractivity contribution >= 4 is 44.7 Å². The summed E-state index contributed by atoms with van der Waals surface area (Å²) in [5.74, 6) is -1.33. The summed E-state index contributed by atoms with van der Waals surface area (Å²) in [7, 11) is 0. The summed E-state index contributed by atoms with van der Waals surface area (Å²) in [6.07, 6.45) is 0. The molecule has 1 aromatic carbocycles. The molecular formula is C21H21BrN2O4S. The Bertz CT molecular complexity index is 921. The maximum atomic E-state index is 12.9. The van der Waals surface area contributed by atoms with Crippen molar-refractivity contribution in [2.75, 3.05) is 39.4 Å². The topological polar surface area (TPSA) is 70.1 Å². The predicted octanol–water partition coefficient (Wildman–Crippen LogP) is 3.26. The molecule has 2 aliphatic heterocycles. The molecule has 0 radical (unpaired) electrons. The fourth-order valence-corrected chi connectivity index (χ4v) is 4.80. The number of halogens is 1. The van der Waals surface area contributed by atoms with E-state index >= 15 is 0 Å². The van der Waals surface area contributed by atoms with Crippen molar-refractivity contribution in [3.63, 3.8) is 0 Å². The number of hydrogen-bond acceptors (Lipinski definition) is 6. The zero-order valence-electron chi connectivity index (χ0n) is 15.7. The van der Waals surface area contributed by atoms with E-state index in [1.165, 1.54) is 11.3 Å². The monoisotopic (exact) mass is 476 g/mol. The first-order valence-corrected chi connectivity index (χ1v) is 11.1. The largest absolute Gasteiger partial charge is 0.507 e. The smallest absolute Gasteiger partial charge is 0.295 e. The third kappa shape index (κ3) is 4.16. The standard InChI is InChI=1S/C21H21BrN2O4S/c22-15-5-3-14(4-6-15)19(25)17-18(16-2-1-13-29-16)24(21(27)20(17)26)8-7-23-9-11-28-12-10-23/h1-6,13,18,25H,7-12H2/b19-17+/t18-/m0/s1. The molecule has 1 N–H and O–H groups in total. The van der Waals surface area contributed by atoms with Crippen LogP contribution in [0.5, 0.6) is 0 Å². The van der Waals surface area contributed by atoms with E-state index in [1.54, 1.807) is 29.2 Å². The van der Waals surface area contributed by atoms with Gasteiger partial charge in [0.2, 0.25) is 0 Å². The predicted molar refractivity (Wildman–Crippen MR) is 115 cm³/mol. The van der Waals surface area contributed by atoms with Gasteiger partial charge in [-0.3, -0.25) is 14.5 Å². The van der Waals surface area contributed by atoms with Crippen LogP contribution in [0.3, 0.4) is 0 Å². The van der Waals surface area contributed by atoms with Crippen molar-refractivity contribution in [3.8, 4) is 0 Å². The summed E-state index contributed by atoms with van der Waals surface area (Å²) in [6, 6.07) is 10.3. The van der Waals surface area contributed by atoms with Crippen molar-refractivity contribution in [1.29, 1.82) is 0 Å². The van der Waals surface area contributed by atoms with Crippen LogP contribution in [-0.4, -0.2) is 66.0 Å². The van der Waals surface area contributed by atoms with Crippen LogP contribution in [-0.2, 0) is 14.3 Å². The second kappa shape index (κ2) is 8.79. The van der Waals surface area contributed by atoms with Gasteiger partial charge in [0.05, 0.1) is 24.8 Å². The Morgan fingerprint density at radius 1 is 1.14 bits per heavy atom. The Morgan fingerprint density at radius 3 is 2.52 bits per heavy atom. The number of likely N-dealkylation sites (tertiary alicyclic amines) is 1. The van der Waals surface area contributed by atoms with Crippen LogP contribution in [0.15, 0.2) is 51.8 Å². The van der Waals surface area contributed by atoms with E-state index in [0.29, 0.717) is 31.9 Å². The number of morpholine rings is 1. The molecule has 3 heterocycles. The van der Waals surface area contributed by atoms with Crippen LogP contribution in [0.2, 0.25) is 0 Å². The van der Waals surface area contributed by atoms with Gasteiger partial charge in [0.1, 0.15) is 5.76 Å². The number of thiophene rings is 1. The molecule has 0 saturated carbocycles. The Hall–Kier alpha value is -2.00. The zero-order chi connectivity index (χ0) is 20.4. The van der Waals surface area contributed by atoms with Crippen LogP contribution >= 0.6 is 27.3 Å². The molecule has 2 aliphatic rings. The molecule has 29 heavy (non-hydrogen) atoms. The highest BCUT2D eigenvalue weighted by atomic mass is 79.9. The molecule has 152 valence electrons. The van der Waals surface area contributed by atoms with Gasteiger partial charge in [0, 0.05) is 41.1 Å². The molecule has 0 aliphatic carbocycles. The number of amides is 1. The average Bonchev–Trinajstić information content (AvgIpc) is 3.35. The first-order chi connectivity index (χ1) is 14.1. The van der Waals surface area contributed by atoms with Crippen LogP contribution < -0.4 is 0 Å². The number of benzene rings is 1. The van der Waals surface area contributed by atoms with Gasteiger partial charge < -0.3 is 14.7 Å². The molecule has 0 unspecified atom stereocenters. The fourth-order valence-electron chi connectivity index (χ4n) is 3.69. The second-order valence-corrected chi connectivity index (χ2v) is 8.86. The van der Waals surface area contributed by atoms with Crippen LogP contribution in [0.1, 0.15) is 16.5 Å². The number of nitrogens with zero attached hydrogens (tertiary/aromatic N) is 2. The highest BCUT2D eigenvalue weighted by Gasteiger charge is 2.46. The van der Waals surface area contributed by atoms with Crippen LogP contribution in [0.4, 0.5) is 0 Å². The molecule has 4 rings (SSSR count). The molecular weight excluding hydrogens is 456 g/mol. The summed E-state index contributed by atoms with van der Waals surface area (Å²) in [5.41, 5.74) is 0.669. The third-order valence-electron chi connectivity index (χ3n) is 5.23. The number of carbonyl (C=O) groups excluding carboxylic acids is 2. The van der Waals surface area contributed by atoms with Gasteiger partial charge in [-0.25, -0.2) is 0 Å². The molecule has 2 fully saturated rings. The minimum Gasteiger partial charge on any atom is -0.507 e. The van der Waals surface area contributed by atoms with E-state index in [2.05, 4.69) is 20.8 Å². The molecule has 2 saturated heterocycles. The van der Waals surface area contributed by atoms with Crippen molar-refractivity contribution in [2.24, 2.45) is 0 Å². The summed E-state index contributed by atoms with van der Waals surface area (Å²) < 4.78 is 6.25. The lowest BCUT2D eigenvalue weighted by Gasteiger charge is -2.30. The molecule has 1 aromatic heterocycles. The maximum absolute atomic E-state index is 12.9.